The fourth-order valence-corrected chi connectivity index (χ4v) is 6.10. The highest BCUT2D eigenvalue weighted by Gasteiger charge is 2.36. The van der Waals surface area contributed by atoms with Crippen molar-refractivity contribution in [3.05, 3.63) is 68.8 Å². The van der Waals surface area contributed by atoms with Gasteiger partial charge in [0.1, 0.15) is 5.58 Å². The number of hydrogen-bond donors (Lipinski definition) is 0. The van der Waals surface area contributed by atoms with E-state index in [1.165, 1.54) is 0 Å². The molecular formula is C21H19BrClNO4S. The van der Waals surface area contributed by atoms with Gasteiger partial charge in [0.25, 0.3) is 5.91 Å². The first-order chi connectivity index (χ1) is 13.7. The number of amides is 1. The quantitative estimate of drug-likeness (QED) is 0.510. The molecule has 0 radical (unpaired) electrons. The van der Waals surface area contributed by atoms with Crippen LogP contribution in [0.15, 0.2) is 51.4 Å². The standard InChI is InChI=1S/C21H19BrClNO4S/c1-13-18-10-16(23)5-6-19(18)28-20(13)21(25)24(17-7-8-29(26,27)12-17)11-14-3-2-4-15(22)9-14/h2-6,9-10,17H,7-8,11-12H2,1H3/t17-/m1/s1. The molecule has 1 aliphatic rings. The molecule has 29 heavy (non-hydrogen) atoms. The molecule has 8 heteroatoms. The summed E-state index contributed by atoms with van der Waals surface area (Å²) in [6.07, 6.45) is 0.424. The highest BCUT2D eigenvalue weighted by molar-refractivity contribution is 9.10. The minimum atomic E-state index is -3.15. The summed E-state index contributed by atoms with van der Waals surface area (Å²) in [4.78, 5) is 15.1. The van der Waals surface area contributed by atoms with Crippen LogP contribution in [0, 0.1) is 6.92 Å². The maximum Gasteiger partial charge on any atom is 0.290 e. The van der Waals surface area contributed by atoms with Gasteiger partial charge in [-0.25, -0.2) is 8.42 Å². The number of fused-ring (bicyclic) bond motifs is 1. The zero-order valence-electron chi connectivity index (χ0n) is 15.7. The number of hydrogen-bond acceptors (Lipinski definition) is 4. The highest BCUT2D eigenvalue weighted by atomic mass is 79.9. The first kappa shape index (κ1) is 20.4. The molecule has 3 aromatic rings. The molecule has 0 bridgehead atoms. The summed E-state index contributed by atoms with van der Waals surface area (Å²) in [5.74, 6) is -0.0228. The number of aryl methyl sites for hydroxylation is 1. The Bertz CT molecular complexity index is 1200. The lowest BCUT2D eigenvalue weighted by atomic mass is 10.1. The Kier molecular flexibility index (Phi) is 5.48. The van der Waals surface area contributed by atoms with Gasteiger partial charge in [0.2, 0.25) is 0 Å². The Morgan fingerprint density at radius 3 is 2.76 bits per heavy atom. The predicted octanol–water partition coefficient (Wildman–Crippen LogP) is 4.99. The third-order valence-electron chi connectivity index (χ3n) is 5.24. The summed E-state index contributed by atoms with van der Waals surface area (Å²) in [6.45, 7) is 2.12. The van der Waals surface area contributed by atoms with Gasteiger partial charge >= 0.3 is 0 Å². The van der Waals surface area contributed by atoms with Gasteiger partial charge < -0.3 is 9.32 Å². The first-order valence-corrected chi connectivity index (χ1v) is 12.2. The molecule has 1 saturated heterocycles. The number of halogens is 2. The fraction of sp³-hybridized carbons (Fsp3) is 0.286. The average molecular weight is 497 g/mol. The molecule has 1 aliphatic heterocycles. The maximum absolute atomic E-state index is 13.5. The second-order valence-corrected chi connectivity index (χ2v) is 10.9. The topological polar surface area (TPSA) is 67.6 Å². The van der Waals surface area contributed by atoms with Crippen molar-refractivity contribution in [2.45, 2.75) is 25.9 Å². The van der Waals surface area contributed by atoms with Crippen molar-refractivity contribution in [2.24, 2.45) is 0 Å². The molecule has 0 N–H and O–H groups in total. The molecular weight excluding hydrogens is 478 g/mol. The van der Waals surface area contributed by atoms with E-state index in [-0.39, 0.29) is 29.2 Å². The monoisotopic (exact) mass is 495 g/mol. The van der Waals surface area contributed by atoms with E-state index >= 15 is 0 Å². The fourth-order valence-electron chi connectivity index (χ4n) is 3.75. The van der Waals surface area contributed by atoms with E-state index in [0.29, 0.717) is 29.1 Å². The van der Waals surface area contributed by atoms with Crippen LogP contribution in [0.4, 0.5) is 0 Å². The summed E-state index contributed by atoms with van der Waals surface area (Å²) >= 11 is 9.54. The lowest BCUT2D eigenvalue weighted by Gasteiger charge is -2.28. The van der Waals surface area contributed by atoms with E-state index in [2.05, 4.69) is 15.9 Å². The Labute approximate surface area is 182 Å². The Morgan fingerprint density at radius 2 is 2.07 bits per heavy atom. The predicted molar refractivity (Wildman–Crippen MR) is 117 cm³/mol. The molecule has 1 fully saturated rings. The summed E-state index contributed by atoms with van der Waals surface area (Å²) in [5, 5.41) is 1.34. The van der Waals surface area contributed by atoms with Crippen molar-refractivity contribution in [3.63, 3.8) is 0 Å². The minimum absolute atomic E-state index is 0.0299. The van der Waals surface area contributed by atoms with Crippen LogP contribution in [0.5, 0.6) is 0 Å². The van der Waals surface area contributed by atoms with Crippen LogP contribution >= 0.6 is 27.5 Å². The summed E-state index contributed by atoms with van der Waals surface area (Å²) in [7, 11) is -3.15. The van der Waals surface area contributed by atoms with Gasteiger partial charge in [-0.2, -0.15) is 0 Å². The first-order valence-electron chi connectivity index (χ1n) is 9.18. The van der Waals surface area contributed by atoms with Crippen molar-refractivity contribution in [2.75, 3.05) is 11.5 Å². The second-order valence-electron chi connectivity index (χ2n) is 7.32. The molecule has 1 aromatic heterocycles. The lowest BCUT2D eigenvalue weighted by molar-refractivity contribution is 0.0649. The normalized spacial score (nSPS) is 18.2. The zero-order chi connectivity index (χ0) is 20.8. The van der Waals surface area contributed by atoms with Gasteiger partial charge in [-0.15, -0.1) is 0 Å². The molecule has 1 atom stereocenters. The van der Waals surface area contributed by atoms with Gasteiger partial charge in [0.15, 0.2) is 15.6 Å². The van der Waals surface area contributed by atoms with E-state index < -0.39 is 9.84 Å². The molecule has 0 unspecified atom stereocenters. The van der Waals surface area contributed by atoms with Crippen LogP contribution in [-0.2, 0) is 16.4 Å². The largest absolute Gasteiger partial charge is 0.451 e. The maximum atomic E-state index is 13.5. The molecule has 2 aromatic carbocycles. The van der Waals surface area contributed by atoms with Crippen molar-refractivity contribution >= 4 is 54.2 Å². The SMILES string of the molecule is Cc1c(C(=O)N(Cc2cccc(Br)c2)[C@@H]2CCS(=O)(=O)C2)oc2ccc(Cl)cc12. The van der Waals surface area contributed by atoms with Gasteiger partial charge in [-0.05, 0) is 49.2 Å². The van der Waals surface area contributed by atoms with Crippen LogP contribution in [0.2, 0.25) is 5.02 Å². The number of furan rings is 1. The van der Waals surface area contributed by atoms with Gasteiger partial charge in [0, 0.05) is 33.0 Å². The third kappa shape index (κ3) is 4.22. The van der Waals surface area contributed by atoms with Crippen molar-refractivity contribution < 1.29 is 17.6 Å². The molecule has 2 heterocycles. The van der Waals surface area contributed by atoms with Crippen LogP contribution in [0.25, 0.3) is 11.0 Å². The molecule has 4 rings (SSSR count). The number of carbonyl (C=O) groups is 1. The van der Waals surface area contributed by atoms with E-state index in [0.717, 1.165) is 15.4 Å². The van der Waals surface area contributed by atoms with E-state index in [1.54, 1.807) is 23.1 Å². The van der Waals surface area contributed by atoms with Crippen molar-refractivity contribution in [1.29, 1.82) is 0 Å². The third-order valence-corrected chi connectivity index (χ3v) is 7.72. The van der Waals surface area contributed by atoms with Crippen LogP contribution < -0.4 is 0 Å². The number of nitrogens with zero attached hydrogens (tertiary/aromatic N) is 1. The van der Waals surface area contributed by atoms with E-state index in [4.69, 9.17) is 16.0 Å². The van der Waals surface area contributed by atoms with E-state index in [1.807, 2.05) is 31.2 Å². The molecule has 5 nitrogen and oxygen atoms in total. The molecule has 1 amide bonds. The van der Waals surface area contributed by atoms with Crippen LogP contribution in [-0.4, -0.2) is 36.8 Å². The molecule has 152 valence electrons. The summed E-state index contributed by atoms with van der Waals surface area (Å²) in [6, 6.07) is 12.5. The number of rotatable bonds is 4. The van der Waals surface area contributed by atoms with Gasteiger partial charge in [-0.1, -0.05) is 39.7 Å². The number of sulfone groups is 1. The highest BCUT2D eigenvalue weighted by Crippen LogP contribution is 2.31. The molecule has 0 aliphatic carbocycles. The van der Waals surface area contributed by atoms with Crippen LogP contribution in [0.1, 0.15) is 28.1 Å². The average Bonchev–Trinajstić information content (AvgIpc) is 3.19. The zero-order valence-corrected chi connectivity index (χ0v) is 18.9. The minimum Gasteiger partial charge on any atom is -0.451 e. The molecule has 0 spiro atoms. The smallest absolute Gasteiger partial charge is 0.290 e. The van der Waals surface area contributed by atoms with Crippen molar-refractivity contribution in [3.8, 4) is 0 Å². The summed E-state index contributed by atoms with van der Waals surface area (Å²) < 4.78 is 30.9. The molecule has 0 saturated carbocycles. The lowest BCUT2D eigenvalue weighted by Crippen LogP contribution is -2.40. The Morgan fingerprint density at radius 1 is 1.28 bits per heavy atom. The Hall–Kier alpha value is -1.83. The summed E-state index contributed by atoms with van der Waals surface area (Å²) in [5.41, 5.74) is 2.19. The van der Waals surface area contributed by atoms with Crippen molar-refractivity contribution in [1.82, 2.24) is 4.90 Å². The van der Waals surface area contributed by atoms with Crippen LogP contribution in [0.3, 0.4) is 0 Å². The Balaban J connectivity index is 1.74. The van der Waals surface area contributed by atoms with E-state index in [9.17, 15) is 13.2 Å². The number of carbonyl (C=O) groups excluding carboxylic acids is 1. The van der Waals surface area contributed by atoms with Gasteiger partial charge in [0.05, 0.1) is 11.5 Å². The second kappa shape index (κ2) is 7.78. The van der Waals surface area contributed by atoms with Gasteiger partial charge in [-0.3, -0.25) is 4.79 Å². The number of benzene rings is 2.